The molecule has 4 aromatic rings. The van der Waals surface area contributed by atoms with Crippen molar-refractivity contribution < 1.29 is 9.13 Å². The molecule has 130 valence electrons. The lowest BCUT2D eigenvalue weighted by atomic mass is 10.2. The maximum Gasteiger partial charge on any atom is 0.261 e. The molecule has 26 heavy (non-hydrogen) atoms. The van der Waals surface area contributed by atoms with Crippen LogP contribution >= 0.6 is 0 Å². The number of rotatable bonds is 4. The fourth-order valence-electron chi connectivity index (χ4n) is 2.90. The van der Waals surface area contributed by atoms with Gasteiger partial charge in [-0.1, -0.05) is 24.3 Å². The SMILES string of the molecule is Cc1ccc2cccc(OCCn3cnc4c(F)cccc4c3=O)c2n1. The molecule has 2 heterocycles. The monoisotopic (exact) mass is 349 g/mol. The van der Waals surface area contributed by atoms with Gasteiger partial charge in [0.1, 0.15) is 29.2 Å². The molecular formula is C20H16FN3O2. The Morgan fingerprint density at radius 1 is 1.08 bits per heavy atom. The Balaban J connectivity index is 1.57. The van der Waals surface area contributed by atoms with Crippen molar-refractivity contribution in [1.82, 2.24) is 14.5 Å². The van der Waals surface area contributed by atoms with E-state index in [1.807, 2.05) is 37.3 Å². The Morgan fingerprint density at radius 3 is 2.81 bits per heavy atom. The van der Waals surface area contributed by atoms with Crippen LogP contribution in [0.5, 0.6) is 5.75 Å². The van der Waals surface area contributed by atoms with Crippen molar-refractivity contribution in [2.24, 2.45) is 0 Å². The largest absolute Gasteiger partial charge is 0.489 e. The van der Waals surface area contributed by atoms with Crippen LogP contribution in [-0.2, 0) is 6.54 Å². The zero-order chi connectivity index (χ0) is 18.1. The van der Waals surface area contributed by atoms with Crippen molar-refractivity contribution in [1.29, 1.82) is 0 Å². The van der Waals surface area contributed by atoms with Crippen molar-refractivity contribution in [3.8, 4) is 5.75 Å². The van der Waals surface area contributed by atoms with E-state index in [9.17, 15) is 9.18 Å². The Hall–Kier alpha value is -3.28. The van der Waals surface area contributed by atoms with Crippen molar-refractivity contribution in [2.75, 3.05) is 6.61 Å². The molecule has 0 bridgehead atoms. The Bertz CT molecular complexity index is 1170. The highest BCUT2D eigenvalue weighted by Crippen LogP contribution is 2.23. The van der Waals surface area contributed by atoms with Crippen molar-refractivity contribution in [3.05, 3.63) is 76.7 Å². The molecule has 4 rings (SSSR count). The van der Waals surface area contributed by atoms with E-state index in [1.165, 1.54) is 23.0 Å². The van der Waals surface area contributed by atoms with Crippen LogP contribution in [0.4, 0.5) is 4.39 Å². The summed E-state index contributed by atoms with van der Waals surface area (Å²) in [5, 5.41) is 1.25. The number of aryl methyl sites for hydroxylation is 1. The average molecular weight is 349 g/mol. The number of halogens is 1. The van der Waals surface area contributed by atoms with Gasteiger partial charge in [-0.3, -0.25) is 9.36 Å². The lowest BCUT2D eigenvalue weighted by Gasteiger charge is -2.11. The first-order valence-electron chi connectivity index (χ1n) is 8.26. The average Bonchev–Trinajstić information content (AvgIpc) is 2.64. The molecule has 0 saturated carbocycles. The number of benzene rings is 2. The van der Waals surface area contributed by atoms with Gasteiger partial charge in [0.2, 0.25) is 0 Å². The van der Waals surface area contributed by atoms with Crippen LogP contribution in [0.1, 0.15) is 5.69 Å². The first-order valence-corrected chi connectivity index (χ1v) is 8.26. The number of pyridine rings is 1. The van der Waals surface area contributed by atoms with Gasteiger partial charge in [0.15, 0.2) is 0 Å². The number of fused-ring (bicyclic) bond motifs is 2. The summed E-state index contributed by atoms with van der Waals surface area (Å²) in [6.45, 7) is 2.51. The van der Waals surface area contributed by atoms with Crippen LogP contribution in [0.15, 0.2) is 59.7 Å². The predicted octanol–water partition coefficient (Wildman–Crippen LogP) is 3.47. The zero-order valence-corrected chi connectivity index (χ0v) is 14.1. The van der Waals surface area contributed by atoms with Crippen molar-refractivity contribution in [3.63, 3.8) is 0 Å². The topological polar surface area (TPSA) is 57.0 Å². The maximum atomic E-state index is 13.7. The highest BCUT2D eigenvalue weighted by Gasteiger charge is 2.08. The molecule has 0 atom stereocenters. The molecule has 0 saturated heterocycles. The van der Waals surface area contributed by atoms with Crippen LogP contribution in [0.25, 0.3) is 21.8 Å². The third-order valence-corrected chi connectivity index (χ3v) is 4.22. The van der Waals surface area contributed by atoms with Crippen LogP contribution in [0, 0.1) is 12.7 Å². The molecule has 0 unspecified atom stereocenters. The van der Waals surface area contributed by atoms with Gasteiger partial charge >= 0.3 is 0 Å². The first-order chi connectivity index (χ1) is 12.6. The second-order valence-electron chi connectivity index (χ2n) is 6.01. The van der Waals surface area contributed by atoms with E-state index < -0.39 is 5.82 Å². The summed E-state index contributed by atoms with van der Waals surface area (Å²) in [6.07, 6.45) is 1.35. The van der Waals surface area contributed by atoms with Crippen molar-refractivity contribution >= 4 is 21.8 Å². The van der Waals surface area contributed by atoms with Gasteiger partial charge in [-0.25, -0.2) is 14.4 Å². The summed E-state index contributed by atoms with van der Waals surface area (Å²) in [7, 11) is 0. The molecule has 0 spiro atoms. The van der Waals surface area contributed by atoms with Gasteiger partial charge in [-0.15, -0.1) is 0 Å². The number of nitrogens with zero attached hydrogens (tertiary/aromatic N) is 3. The third-order valence-electron chi connectivity index (χ3n) is 4.22. The number of hydrogen-bond acceptors (Lipinski definition) is 4. The molecule has 0 N–H and O–H groups in total. The number of para-hydroxylation sites is 2. The van der Waals surface area contributed by atoms with E-state index in [0.717, 1.165) is 16.6 Å². The van der Waals surface area contributed by atoms with E-state index >= 15 is 0 Å². The maximum absolute atomic E-state index is 13.7. The zero-order valence-electron chi connectivity index (χ0n) is 14.1. The molecule has 0 fully saturated rings. The Morgan fingerprint density at radius 2 is 1.92 bits per heavy atom. The van der Waals surface area contributed by atoms with Gasteiger partial charge in [-0.2, -0.15) is 0 Å². The lowest BCUT2D eigenvalue weighted by molar-refractivity contribution is 0.298. The van der Waals surface area contributed by atoms with Crippen LogP contribution in [-0.4, -0.2) is 21.1 Å². The van der Waals surface area contributed by atoms with Crippen molar-refractivity contribution in [2.45, 2.75) is 13.5 Å². The molecule has 0 amide bonds. The van der Waals surface area contributed by atoms with E-state index in [1.54, 1.807) is 6.07 Å². The number of hydrogen-bond donors (Lipinski definition) is 0. The first kappa shape index (κ1) is 16.2. The summed E-state index contributed by atoms with van der Waals surface area (Å²) in [5.41, 5.74) is 1.50. The number of ether oxygens (including phenoxy) is 1. The Labute approximate surface area is 148 Å². The summed E-state index contributed by atoms with van der Waals surface area (Å²) in [5.74, 6) is 0.166. The molecule has 0 aliphatic rings. The van der Waals surface area contributed by atoms with E-state index in [4.69, 9.17) is 4.74 Å². The summed E-state index contributed by atoms with van der Waals surface area (Å²) >= 11 is 0. The van der Waals surface area contributed by atoms with Gasteiger partial charge in [0.25, 0.3) is 5.56 Å². The Kier molecular flexibility index (Phi) is 4.08. The molecule has 2 aromatic heterocycles. The minimum atomic E-state index is -0.500. The molecule has 0 aliphatic carbocycles. The highest BCUT2D eigenvalue weighted by molar-refractivity contribution is 5.84. The van der Waals surface area contributed by atoms with Crippen LogP contribution in [0.3, 0.4) is 0 Å². The summed E-state index contributed by atoms with van der Waals surface area (Å²) in [4.78, 5) is 21.0. The van der Waals surface area contributed by atoms with Crippen LogP contribution in [0.2, 0.25) is 0 Å². The van der Waals surface area contributed by atoms with Gasteiger partial charge in [-0.05, 0) is 31.2 Å². The second kappa shape index (κ2) is 6.55. The second-order valence-corrected chi connectivity index (χ2v) is 6.01. The van der Waals surface area contributed by atoms with Gasteiger partial charge in [0, 0.05) is 11.1 Å². The molecular weight excluding hydrogens is 333 g/mol. The number of aromatic nitrogens is 3. The fourth-order valence-corrected chi connectivity index (χ4v) is 2.90. The molecule has 0 aliphatic heterocycles. The quantitative estimate of drug-likeness (QED) is 0.566. The predicted molar refractivity (Wildman–Crippen MR) is 97.9 cm³/mol. The summed E-state index contributed by atoms with van der Waals surface area (Å²) in [6, 6.07) is 14.0. The van der Waals surface area contributed by atoms with Gasteiger partial charge in [0.05, 0.1) is 18.3 Å². The van der Waals surface area contributed by atoms with Gasteiger partial charge < -0.3 is 4.74 Å². The molecule has 5 nitrogen and oxygen atoms in total. The molecule has 2 aromatic carbocycles. The van der Waals surface area contributed by atoms with E-state index in [2.05, 4.69) is 9.97 Å². The minimum absolute atomic E-state index is 0.0865. The standard InChI is InChI=1S/C20H16FN3O2/c1-13-8-9-14-4-2-7-17(18(14)23-13)26-11-10-24-12-22-19-15(20(24)25)5-3-6-16(19)21/h2-9,12H,10-11H2,1H3. The van der Waals surface area contributed by atoms with E-state index in [-0.39, 0.29) is 23.1 Å². The smallest absolute Gasteiger partial charge is 0.261 e. The lowest BCUT2D eigenvalue weighted by Crippen LogP contribution is -2.23. The summed E-state index contributed by atoms with van der Waals surface area (Å²) < 4.78 is 21.0. The highest BCUT2D eigenvalue weighted by atomic mass is 19.1. The molecule has 6 heteroatoms. The van der Waals surface area contributed by atoms with E-state index in [0.29, 0.717) is 12.3 Å². The fraction of sp³-hybridized carbons (Fsp3) is 0.150. The molecule has 0 radical (unpaired) electrons. The third kappa shape index (κ3) is 2.90. The van der Waals surface area contributed by atoms with Crippen LogP contribution < -0.4 is 10.3 Å². The minimum Gasteiger partial charge on any atom is -0.489 e. The normalized spacial score (nSPS) is 11.2.